The van der Waals surface area contributed by atoms with Crippen molar-refractivity contribution in [2.45, 2.75) is 31.8 Å². The van der Waals surface area contributed by atoms with E-state index in [0.29, 0.717) is 24.5 Å². The van der Waals surface area contributed by atoms with E-state index in [2.05, 4.69) is 21.3 Å². The van der Waals surface area contributed by atoms with E-state index in [1.807, 2.05) is 0 Å². The van der Waals surface area contributed by atoms with Crippen LogP contribution >= 0.6 is 0 Å². The van der Waals surface area contributed by atoms with E-state index in [9.17, 15) is 9.59 Å². The second-order valence-corrected chi connectivity index (χ2v) is 6.67. The summed E-state index contributed by atoms with van der Waals surface area (Å²) in [7, 11) is 0. The van der Waals surface area contributed by atoms with Gasteiger partial charge in [0.2, 0.25) is 5.91 Å². The van der Waals surface area contributed by atoms with Crippen LogP contribution in [0.3, 0.4) is 0 Å². The first-order valence-electron chi connectivity index (χ1n) is 8.96. The largest absolute Gasteiger partial charge is 0.376 e. The second-order valence-electron chi connectivity index (χ2n) is 6.67. The van der Waals surface area contributed by atoms with Gasteiger partial charge in [-0.15, -0.1) is 0 Å². The first kappa shape index (κ1) is 17.7. The molecule has 1 aliphatic carbocycles. The third-order valence-electron chi connectivity index (χ3n) is 4.36. The van der Waals surface area contributed by atoms with Gasteiger partial charge in [-0.05, 0) is 62.4 Å². The molecule has 0 radical (unpaired) electrons. The first-order chi connectivity index (χ1) is 12.2. The molecule has 136 valence electrons. The molecule has 1 unspecified atom stereocenters. The molecule has 1 aromatic carbocycles. The summed E-state index contributed by atoms with van der Waals surface area (Å²) < 4.78 is 5.46. The summed E-state index contributed by atoms with van der Waals surface area (Å²) in [5.74, 6) is 0.695. The molecule has 0 spiro atoms. The molecule has 3 amide bonds. The highest BCUT2D eigenvalue weighted by molar-refractivity contribution is 5.93. The molecule has 7 nitrogen and oxygen atoms in total. The van der Waals surface area contributed by atoms with Crippen molar-refractivity contribution >= 4 is 23.3 Å². The zero-order valence-corrected chi connectivity index (χ0v) is 14.3. The average Bonchev–Trinajstić information content (AvgIpc) is 3.27. The molecule has 1 aliphatic heterocycles. The van der Waals surface area contributed by atoms with Crippen molar-refractivity contribution in [1.29, 1.82) is 0 Å². The molecular formula is C18H26N4O3. The predicted octanol–water partition coefficient (Wildman–Crippen LogP) is 1.93. The lowest BCUT2D eigenvalue weighted by Crippen LogP contribution is -2.35. The molecular weight excluding hydrogens is 320 g/mol. The molecule has 2 fully saturated rings. The number of hydrogen-bond donors (Lipinski definition) is 4. The molecule has 1 atom stereocenters. The number of anilines is 2. The van der Waals surface area contributed by atoms with Crippen molar-refractivity contribution in [3.05, 3.63) is 24.3 Å². The third-order valence-corrected chi connectivity index (χ3v) is 4.36. The van der Waals surface area contributed by atoms with Gasteiger partial charge >= 0.3 is 6.03 Å². The topological polar surface area (TPSA) is 91.5 Å². The second kappa shape index (κ2) is 8.82. The van der Waals surface area contributed by atoms with Crippen molar-refractivity contribution in [2.24, 2.45) is 5.92 Å². The number of urea groups is 1. The van der Waals surface area contributed by atoms with Crippen LogP contribution in [0.15, 0.2) is 24.3 Å². The Bertz CT molecular complexity index is 580. The van der Waals surface area contributed by atoms with E-state index in [4.69, 9.17) is 4.74 Å². The molecule has 7 heteroatoms. The fourth-order valence-electron chi connectivity index (χ4n) is 2.74. The van der Waals surface area contributed by atoms with Gasteiger partial charge in [-0.2, -0.15) is 0 Å². The average molecular weight is 346 g/mol. The van der Waals surface area contributed by atoms with E-state index in [1.54, 1.807) is 24.3 Å². The fourth-order valence-corrected chi connectivity index (χ4v) is 2.74. The van der Waals surface area contributed by atoms with Crippen LogP contribution in [0, 0.1) is 5.92 Å². The van der Waals surface area contributed by atoms with Gasteiger partial charge in [0.1, 0.15) is 0 Å². The smallest absolute Gasteiger partial charge is 0.319 e. The molecule has 3 rings (SSSR count). The molecule has 1 aromatic rings. The first-order valence-corrected chi connectivity index (χ1v) is 8.96. The summed E-state index contributed by atoms with van der Waals surface area (Å²) in [6.07, 6.45) is 4.70. The number of carbonyl (C=O) groups excluding carboxylic acids is 2. The number of carbonyl (C=O) groups is 2. The molecule has 0 aromatic heterocycles. The van der Waals surface area contributed by atoms with Crippen molar-refractivity contribution in [3.8, 4) is 0 Å². The van der Waals surface area contributed by atoms with Gasteiger partial charge in [0.25, 0.3) is 0 Å². The van der Waals surface area contributed by atoms with Crippen LogP contribution in [0.2, 0.25) is 0 Å². The maximum absolute atomic E-state index is 11.9. The van der Waals surface area contributed by atoms with Gasteiger partial charge in [-0.1, -0.05) is 0 Å². The van der Waals surface area contributed by atoms with Crippen LogP contribution in [-0.2, 0) is 9.53 Å². The highest BCUT2D eigenvalue weighted by atomic mass is 16.5. The number of hydrogen-bond acceptors (Lipinski definition) is 4. The Morgan fingerprint density at radius 2 is 1.72 bits per heavy atom. The van der Waals surface area contributed by atoms with Crippen molar-refractivity contribution in [2.75, 3.05) is 36.9 Å². The Morgan fingerprint density at radius 1 is 1.00 bits per heavy atom. The summed E-state index contributed by atoms with van der Waals surface area (Å²) in [5.41, 5.74) is 1.39. The fraction of sp³-hybridized carbons (Fsp3) is 0.556. The lowest BCUT2D eigenvalue weighted by Gasteiger charge is -2.12. The number of amides is 3. The monoisotopic (exact) mass is 346 g/mol. The molecule has 1 saturated carbocycles. The molecule has 1 heterocycles. The summed E-state index contributed by atoms with van der Waals surface area (Å²) in [6.45, 7) is 2.53. The SMILES string of the molecule is O=C(CNCC1CC1)Nc1ccc(NC(=O)NCC2CCCO2)cc1. The van der Waals surface area contributed by atoms with Crippen LogP contribution in [0.25, 0.3) is 0 Å². The summed E-state index contributed by atoms with van der Waals surface area (Å²) in [4.78, 5) is 23.7. The van der Waals surface area contributed by atoms with Gasteiger partial charge < -0.3 is 26.0 Å². The summed E-state index contributed by atoms with van der Waals surface area (Å²) >= 11 is 0. The number of nitrogens with one attached hydrogen (secondary N) is 4. The minimum Gasteiger partial charge on any atom is -0.376 e. The van der Waals surface area contributed by atoms with E-state index in [0.717, 1.165) is 31.9 Å². The van der Waals surface area contributed by atoms with Crippen LogP contribution in [0.1, 0.15) is 25.7 Å². The van der Waals surface area contributed by atoms with Crippen LogP contribution in [-0.4, -0.2) is 44.3 Å². The van der Waals surface area contributed by atoms with Crippen molar-refractivity contribution in [1.82, 2.24) is 10.6 Å². The Balaban J connectivity index is 1.35. The van der Waals surface area contributed by atoms with Crippen LogP contribution < -0.4 is 21.3 Å². The molecule has 0 bridgehead atoms. The Morgan fingerprint density at radius 3 is 2.36 bits per heavy atom. The van der Waals surface area contributed by atoms with Gasteiger partial charge in [0.15, 0.2) is 0 Å². The van der Waals surface area contributed by atoms with Crippen LogP contribution in [0.5, 0.6) is 0 Å². The Kier molecular flexibility index (Phi) is 6.25. The maximum Gasteiger partial charge on any atom is 0.319 e. The maximum atomic E-state index is 11.9. The predicted molar refractivity (Wildman–Crippen MR) is 96.7 cm³/mol. The molecule has 25 heavy (non-hydrogen) atoms. The van der Waals surface area contributed by atoms with E-state index >= 15 is 0 Å². The molecule has 1 saturated heterocycles. The molecule has 2 aliphatic rings. The lowest BCUT2D eigenvalue weighted by atomic mass is 10.2. The standard InChI is InChI=1S/C18H26N4O3/c23-17(12-19-10-13-3-4-13)21-14-5-7-15(8-6-14)22-18(24)20-11-16-2-1-9-25-16/h5-8,13,16,19H,1-4,9-12H2,(H,21,23)(H2,20,22,24). The number of benzene rings is 1. The van der Waals surface area contributed by atoms with E-state index < -0.39 is 0 Å². The highest BCUT2D eigenvalue weighted by Gasteiger charge is 2.20. The van der Waals surface area contributed by atoms with Crippen LogP contribution in [0.4, 0.5) is 16.2 Å². The van der Waals surface area contributed by atoms with Gasteiger partial charge in [-0.25, -0.2) is 4.79 Å². The quantitative estimate of drug-likeness (QED) is 0.579. The molecule has 4 N–H and O–H groups in total. The van der Waals surface area contributed by atoms with Crippen molar-refractivity contribution < 1.29 is 14.3 Å². The zero-order chi connectivity index (χ0) is 17.5. The highest BCUT2D eigenvalue weighted by Crippen LogP contribution is 2.27. The number of ether oxygens (including phenoxy) is 1. The van der Waals surface area contributed by atoms with Crippen molar-refractivity contribution in [3.63, 3.8) is 0 Å². The third kappa shape index (κ3) is 6.36. The Hall–Kier alpha value is -2.12. The number of rotatable bonds is 8. The van der Waals surface area contributed by atoms with E-state index in [1.165, 1.54) is 12.8 Å². The van der Waals surface area contributed by atoms with Gasteiger partial charge in [-0.3, -0.25) is 4.79 Å². The Labute approximate surface area is 147 Å². The van der Waals surface area contributed by atoms with E-state index in [-0.39, 0.29) is 18.0 Å². The normalized spacial score (nSPS) is 19.4. The van der Waals surface area contributed by atoms with Gasteiger partial charge in [0.05, 0.1) is 12.6 Å². The summed E-state index contributed by atoms with van der Waals surface area (Å²) in [5, 5.41) is 11.6. The summed E-state index contributed by atoms with van der Waals surface area (Å²) in [6, 6.07) is 6.82. The van der Waals surface area contributed by atoms with Gasteiger partial charge in [0, 0.05) is 24.5 Å². The zero-order valence-electron chi connectivity index (χ0n) is 14.3. The lowest BCUT2D eigenvalue weighted by molar-refractivity contribution is -0.115. The minimum absolute atomic E-state index is 0.0596. The minimum atomic E-state index is -0.253.